The predicted octanol–water partition coefficient (Wildman–Crippen LogP) is 2.24. The van der Waals surface area contributed by atoms with E-state index in [1.807, 2.05) is 5.51 Å². The summed E-state index contributed by atoms with van der Waals surface area (Å²) < 4.78 is 10.3. The molecule has 0 fully saturated rings. The van der Waals surface area contributed by atoms with Crippen LogP contribution >= 0.6 is 11.3 Å². The maximum absolute atomic E-state index is 5.39. The molecular weight excluding hydrogens is 236 g/mol. The Morgan fingerprint density at radius 1 is 1.35 bits per heavy atom. The van der Waals surface area contributed by atoms with Gasteiger partial charge in [0.05, 0.1) is 24.4 Å². The van der Waals surface area contributed by atoms with Crippen LogP contribution in [0.15, 0.2) is 10.9 Å². The molecule has 4 nitrogen and oxygen atoms in total. The van der Waals surface area contributed by atoms with Crippen molar-refractivity contribution in [3.63, 3.8) is 0 Å². The fourth-order valence-corrected chi connectivity index (χ4v) is 2.08. The molecule has 0 bridgehead atoms. The molecule has 1 rings (SSSR count). The van der Waals surface area contributed by atoms with Gasteiger partial charge < -0.3 is 14.8 Å². The van der Waals surface area contributed by atoms with Crippen molar-refractivity contribution in [3.8, 4) is 0 Å². The van der Waals surface area contributed by atoms with Gasteiger partial charge in [0, 0.05) is 25.1 Å². The van der Waals surface area contributed by atoms with Gasteiger partial charge in [-0.05, 0) is 26.3 Å². The molecule has 1 unspecified atom stereocenters. The minimum atomic E-state index is 0.343. The lowest BCUT2D eigenvalue weighted by Gasteiger charge is -2.11. The van der Waals surface area contributed by atoms with E-state index in [0.717, 1.165) is 31.7 Å². The summed E-state index contributed by atoms with van der Waals surface area (Å²) in [5.74, 6) is 0. The van der Waals surface area contributed by atoms with Crippen molar-refractivity contribution >= 4 is 11.3 Å². The van der Waals surface area contributed by atoms with Crippen LogP contribution in [0.2, 0.25) is 0 Å². The third-order valence-electron chi connectivity index (χ3n) is 2.49. The van der Waals surface area contributed by atoms with E-state index in [0.29, 0.717) is 19.3 Å². The third kappa shape index (κ3) is 6.73. The lowest BCUT2D eigenvalue weighted by atomic mass is 10.2. The number of hydrogen-bond acceptors (Lipinski definition) is 5. The highest BCUT2D eigenvalue weighted by Gasteiger charge is 2.05. The molecule has 0 aliphatic rings. The van der Waals surface area contributed by atoms with Crippen LogP contribution in [0.1, 0.15) is 31.5 Å². The first-order valence-corrected chi connectivity index (χ1v) is 6.97. The monoisotopic (exact) mass is 258 g/mol. The summed E-state index contributed by atoms with van der Waals surface area (Å²) in [5, 5.41) is 5.54. The molecule has 17 heavy (non-hydrogen) atoms. The van der Waals surface area contributed by atoms with Crippen LogP contribution in [-0.4, -0.2) is 38.5 Å². The van der Waals surface area contributed by atoms with Crippen LogP contribution in [0, 0.1) is 0 Å². The van der Waals surface area contributed by atoms with Gasteiger partial charge in [-0.25, -0.2) is 4.98 Å². The molecule has 0 aliphatic heterocycles. The molecule has 0 saturated carbocycles. The van der Waals surface area contributed by atoms with E-state index in [4.69, 9.17) is 9.47 Å². The SMILES string of the molecule is COCCOCCCCNC(C)c1cscn1. The van der Waals surface area contributed by atoms with E-state index in [1.54, 1.807) is 18.4 Å². The van der Waals surface area contributed by atoms with Crippen LogP contribution in [0.5, 0.6) is 0 Å². The van der Waals surface area contributed by atoms with Crippen molar-refractivity contribution < 1.29 is 9.47 Å². The van der Waals surface area contributed by atoms with E-state index in [9.17, 15) is 0 Å². The second-order valence-electron chi connectivity index (χ2n) is 3.90. The van der Waals surface area contributed by atoms with Crippen molar-refractivity contribution in [1.82, 2.24) is 10.3 Å². The molecule has 0 aromatic carbocycles. The lowest BCUT2D eigenvalue weighted by Crippen LogP contribution is -2.20. The molecule has 0 spiro atoms. The van der Waals surface area contributed by atoms with E-state index < -0.39 is 0 Å². The molecule has 0 saturated heterocycles. The summed E-state index contributed by atoms with van der Waals surface area (Å²) in [6.07, 6.45) is 2.21. The molecule has 1 atom stereocenters. The Bertz CT molecular complexity index is 267. The molecule has 0 aliphatic carbocycles. The van der Waals surface area contributed by atoms with Crippen molar-refractivity contribution in [3.05, 3.63) is 16.6 Å². The number of methoxy groups -OCH3 is 1. The number of aromatic nitrogens is 1. The molecule has 0 amide bonds. The molecule has 5 heteroatoms. The smallest absolute Gasteiger partial charge is 0.0795 e. The van der Waals surface area contributed by atoms with Gasteiger partial charge in [-0.2, -0.15) is 0 Å². The zero-order valence-corrected chi connectivity index (χ0v) is 11.5. The van der Waals surface area contributed by atoms with Crippen LogP contribution in [0.4, 0.5) is 0 Å². The van der Waals surface area contributed by atoms with E-state index >= 15 is 0 Å². The topological polar surface area (TPSA) is 43.4 Å². The fourth-order valence-electron chi connectivity index (χ4n) is 1.43. The van der Waals surface area contributed by atoms with Crippen LogP contribution in [0.25, 0.3) is 0 Å². The van der Waals surface area contributed by atoms with Crippen molar-refractivity contribution in [2.24, 2.45) is 0 Å². The quantitative estimate of drug-likeness (QED) is 0.654. The van der Waals surface area contributed by atoms with Gasteiger partial charge in [0.25, 0.3) is 0 Å². The Kier molecular flexibility index (Phi) is 8.17. The number of hydrogen-bond donors (Lipinski definition) is 1. The second kappa shape index (κ2) is 9.53. The summed E-state index contributed by atoms with van der Waals surface area (Å²) in [4.78, 5) is 4.28. The van der Waals surface area contributed by atoms with Gasteiger partial charge in [0.1, 0.15) is 0 Å². The van der Waals surface area contributed by atoms with Gasteiger partial charge >= 0.3 is 0 Å². The van der Waals surface area contributed by atoms with E-state index in [2.05, 4.69) is 22.6 Å². The number of nitrogens with one attached hydrogen (secondary N) is 1. The fraction of sp³-hybridized carbons (Fsp3) is 0.750. The summed E-state index contributed by atoms with van der Waals surface area (Å²) >= 11 is 1.64. The average molecular weight is 258 g/mol. The van der Waals surface area contributed by atoms with Crippen molar-refractivity contribution in [2.45, 2.75) is 25.8 Å². The summed E-state index contributed by atoms with van der Waals surface area (Å²) in [7, 11) is 1.69. The number of nitrogens with zero attached hydrogens (tertiary/aromatic N) is 1. The lowest BCUT2D eigenvalue weighted by molar-refractivity contribution is 0.0687. The van der Waals surface area contributed by atoms with Crippen LogP contribution in [-0.2, 0) is 9.47 Å². The zero-order chi connectivity index (χ0) is 12.3. The second-order valence-corrected chi connectivity index (χ2v) is 4.62. The molecule has 1 aromatic heterocycles. The standard InChI is InChI=1S/C12H22N2O2S/c1-11(12-9-17-10-14-12)13-5-3-4-6-16-8-7-15-2/h9-11,13H,3-8H2,1-2H3. The third-order valence-corrected chi connectivity index (χ3v) is 3.10. The van der Waals surface area contributed by atoms with Gasteiger partial charge in [-0.3, -0.25) is 0 Å². The Balaban J connectivity index is 1.90. The average Bonchev–Trinajstić information content (AvgIpc) is 2.86. The van der Waals surface area contributed by atoms with Gasteiger partial charge in [-0.15, -0.1) is 11.3 Å². The maximum Gasteiger partial charge on any atom is 0.0795 e. The Labute approximate surface area is 107 Å². The van der Waals surface area contributed by atoms with E-state index in [1.165, 1.54) is 0 Å². The van der Waals surface area contributed by atoms with E-state index in [-0.39, 0.29) is 0 Å². The van der Waals surface area contributed by atoms with Crippen molar-refractivity contribution in [1.29, 1.82) is 0 Å². The molecule has 98 valence electrons. The maximum atomic E-state index is 5.39. The number of ether oxygens (including phenoxy) is 2. The molecular formula is C12H22N2O2S. The summed E-state index contributed by atoms with van der Waals surface area (Å²) in [6.45, 7) is 5.34. The first-order chi connectivity index (χ1) is 8.34. The predicted molar refractivity (Wildman–Crippen MR) is 70.5 cm³/mol. The largest absolute Gasteiger partial charge is 0.382 e. The van der Waals surface area contributed by atoms with Gasteiger partial charge in [-0.1, -0.05) is 0 Å². The van der Waals surface area contributed by atoms with Gasteiger partial charge in [0.2, 0.25) is 0 Å². The van der Waals surface area contributed by atoms with Crippen LogP contribution < -0.4 is 5.32 Å². The zero-order valence-electron chi connectivity index (χ0n) is 10.6. The highest BCUT2D eigenvalue weighted by Crippen LogP contribution is 2.11. The summed E-state index contributed by atoms with van der Waals surface area (Å²) in [6, 6.07) is 0.343. The molecule has 1 aromatic rings. The Hall–Kier alpha value is -0.490. The Morgan fingerprint density at radius 3 is 2.94 bits per heavy atom. The molecule has 1 heterocycles. The minimum Gasteiger partial charge on any atom is -0.382 e. The number of rotatable bonds is 10. The summed E-state index contributed by atoms with van der Waals surface area (Å²) in [5.41, 5.74) is 3.00. The minimum absolute atomic E-state index is 0.343. The molecule has 1 N–H and O–H groups in total. The highest BCUT2D eigenvalue weighted by atomic mass is 32.1. The number of thiazole rings is 1. The van der Waals surface area contributed by atoms with Crippen molar-refractivity contribution in [2.75, 3.05) is 33.5 Å². The Morgan fingerprint density at radius 2 is 2.24 bits per heavy atom. The first kappa shape index (κ1) is 14.6. The highest BCUT2D eigenvalue weighted by molar-refractivity contribution is 7.07. The molecule has 0 radical (unpaired) electrons. The normalized spacial score (nSPS) is 12.8. The number of unbranched alkanes of at least 4 members (excludes halogenated alkanes) is 1. The van der Waals surface area contributed by atoms with Gasteiger partial charge in [0.15, 0.2) is 0 Å². The first-order valence-electron chi connectivity index (χ1n) is 6.02. The van der Waals surface area contributed by atoms with Crippen LogP contribution in [0.3, 0.4) is 0 Å².